The van der Waals surface area contributed by atoms with E-state index in [0.29, 0.717) is 24.7 Å². The predicted molar refractivity (Wildman–Crippen MR) is 77.5 cm³/mol. The first-order valence-electron chi connectivity index (χ1n) is 8.34. The Morgan fingerprint density at radius 3 is 2.23 bits per heavy atom. The number of carboxylic acid groups (broad SMARTS) is 1. The molecule has 5 aliphatic rings. The summed E-state index contributed by atoms with van der Waals surface area (Å²) in [6.07, 6.45) is 7.25. The van der Waals surface area contributed by atoms with Crippen molar-refractivity contribution in [2.24, 2.45) is 35.5 Å². The molecule has 2 bridgehead atoms. The van der Waals surface area contributed by atoms with Gasteiger partial charge in [-0.25, -0.2) is 4.79 Å². The maximum atomic E-state index is 12.8. The minimum atomic E-state index is -1.06. The van der Waals surface area contributed by atoms with Gasteiger partial charge in [0.05, 0.1) is 11.8 Å². The van der Waals surface area contributed by atoms with Gasteiger partial charge in [0.1, 0.15) is 6.04 Å². The molecule has 0 aromatic heterocycles. The molecule has 2 amide bonds. The van der Waals surface area contributed by atoms with E-state index in [1.807, 2.05) is 6.92 Å². The average Bonchev–Trinajstić information content (AvgIpc) is 3.27. The second-order valence-electron chi connectivity index (χ2n) is 7.20. The van der Waals surface area contributed by atoms with Crippen LogP contribution in [-0.4, -0.2) is 33.8 Å². The molecular formula is C17H21NO4. The summed E-state index contributed by atoms with van der Waals surface area (Å²) in [4.78, 5) is 38.3. The molecule has 0 aromatic rings. The van der Waals surface area contributed by atoms with E-state index in [2.05, 4.69) is 12.2 Å². The monoisotopic (exact) mass is 303 g/mol. The third kappa shape index (κ3) is 1.68. The Morgan fingerprint density at radius 1 is 1.23 bits per heavy atom. The smallest absolute Gasteiger partial charge is 0.326 e. The minimum absolute atomic E-state index is 0.155. The highest BCUT2D eigenvalue weighted by Gasteiger charge is 2.67. The van der Waals surface area contributed by atoms with Crippen LogP contribution in [-0.2, 0) is 14.4 Å². The number of imide groups is 1. The van der Waals surface area contributed by atoms with E-state index in [1.54, 1.807) is 0 Å². The van der Waals surface area contributed by atoms with Crippen LogP contribution in [0.1, 0.15) is 32.6 Å². The van der Waals surface area contributed by atoms with E-state index < -0.39 is 12.0 Å². The second-order valence-corrected chi connectivity index (χ2v) is 7.20. The van der Waals surface area contributed by atoms with Crippen LogP contribution in [0.15, 0.2) is 12.2 Å². The lowest BCUT2D eigenvalue weighted by molar-refractivity contribution is -0.155. The summed E-state index contributed by atoms with van der Waals surface area (Å²) < 4.78 is 0. The molecule has 1 saturated heterocycles. The Morgan fingerprint density at radius 2 is 1.77 bits per heavy atom. The molecule has 5 heteroatoms. The molecule has 118 valence electrons. The molecule has 1 aliphatic heterocycles. The number of aliphatic carboxylic acids is 1. The maximum Gasteiger partial charge on any atom is 0.326 e. The molecule has 0 aromatic carbocycles. The highest BCUT2D eigenvalue weighted by atomic mass is 16.4. The van der Waals surface area contributed by atoms with Crippen molar-refractivity contribution in [1.29, 1.82) is 0 Å². The van der Waals surface area contributed by atoms with Crippen molar-refractivity contribution in [3.05, 3.63) is 12.2 Å². The van der Waals surface area contributed by atoms with Gasteiger partial charge in [0.25, 0.3) is 0 Å². The molecular weight excluding hydrogens is 282 g/mol. The fourth-order valence-electron chi connectivity index (χ4n) is 5.05. The van der Waals surface area contributed by atoms with Crippen LogP contribution >= 0.6 is 0 Å². The molecule has 3 fully saturated rings. The number of carbonyl (C=O) groups is 3. The zero-order valence-electron chi connectivity index (χ0n) is 12.6. The summed E-state index contributed by atoms with van der Waals surface area (Å²) in [6, 6.07) is -0.985. The molecule has 5 rings (SSSR count). The summed E-state index contributed by atoms with van der Waals surface area (Å²) in [7, 11) is 0. The Hall–Kier alpha value is -1.65. The molecule has 1 heterocycles. The third-order valence-electron chi connectivity index (χ3n) is 6.12. The van der Waals surface area contributed by atoms with Crippen molar-refractivity contribution >= 4 is 17.8 Å². The lowest BCUT2D eigenvalue weighted by Gasteiger charge is -2.37. The summed E-state index contributed by atoms with van der Waals surface area (Å²) in [6.45, 7) is 1.98. The second kappa shape index (κ2) is 4.67. The van der Waals surface area contributed by atoms with Gasteiger partial charge in [-0.15, -0.1) is 0 Å². The quantitative estimate of drug-likeness (QED) is 0.619. The Kier molecular flexibility index (Phi) is 2.97. The van der Waals surface area contributed by atoms with Crippen molar-refractivity contribution in [3.63, 3.8) is 0 Å². The van der Waals surface area contributed by atoms with Crippen LogP contribution < -0.4 is 0 Å². The van der Waals surface area contributed by atoms with Gasteiger partial charge in [-0.2, -0.15) is 0 Å². The topological polar surface area (TPSA) is 74.7 Å². The number of unbranched alkanes of at least 4 members (excludes halogenated alkanes) is 1. The molecule has 7 atom stereocenters. The van der Waals surface area contributed by atoms with Crippen LogP contribution in [0.3, 0.4) is 0 Å². The number of hydrogen-bond acceptors (Lipinski definition) is 3. The van der Waals surface area contributed by atoms with Crippen molar-refractivity contribution in [2.45, 2.75) is 38.6 Å². The van der Waals surface area contributed by atoms with Gasteiger partial charge in [-0.1, -0.05) is 31.9 Å². The largest absolute Gasteiger partial charge is 0.480 e. The number of nitrogens with zero attached hydrogens (tertiary/aromatic N) is 1. The zero-order valence-corrected chi connectivity index (χ0v) is 12.6. The number of carbonyl (C=O) groups excluding carboxylic acids is 2. The van der Waals surface area contributed by atoms with Crippen LogP contribution in [0.2, 0.25) is 0 Å². The van der Waals surface area contributed by atoms with E-state index in [0.717, 1.165) is 17.7 Å². The number of likely N-dealkylation sites (tertiary alicyclic amines) is 1. The molecule has 0 spiro atoms. The zero-order chi connectivity index (χ0) is 15.6. The van der Waals surface area contributed by atoms with Gasteiger partial charge >= 0.3 is 5.97 Å². The highest BCUT2D eigenvalue weighted by molar-refractivity contribution is 6.08. The normalized spacial score (nSPS) is 42.3. The van der Waals surface area contributed by atoms with E-state index in [9.17, 15) is 19.5 Å². The standard InChI is InChI=1S/C17H21NO4/c1-2-3-4-12(17(21)22)18-15(19)13-8-5-6-9(11-7-10(8)11)14(13)16(18)20/h5-6,8-14H,2-4,7H2,1H3,(H,21,22)/t8-,9-,10+,11+,12+,13-,14+/m1/s1. The van der Waals surface area contributed by atoms with Gasteiger partial charge in [-0.05, 0) is 36.5 Å². The molecule has 4 aliphatic carbocycles. The molecule has 0 unspecified atom stereocenters. The Balaban J connectivity index is 1.65. The maximum absolute atomic E-state index is 12.8. The van der Waals surface area contributed by atoms with Crippen molar-refractivity contribution in [3.8, 4) is 0 Å². The van der Waals surface area contributed by atoms with Gasteiger partial charge in [0.2, 0.25) is 11.8 Å². The van der Waals surface area contributed by atoms with E-state index in [1.165, 1.54) is 0 Å². The predicted octanol–water partition coefficient (Wildman–Crippen LogP) is 1.68. The SMILES string of the molecule is CCCC[C@@H](C(=O)O)N1C(=O)[C@@H]2[C@@H]3C=C[C@H]([C@@H]4C[C@@H]34)[C@@H]2C1=O. The fourth-order valence-corrected chi connectivity index (χ4v) is 5.05. The van der Waals surface area contributed by atoms with Crippen LogP contribution in [0.4, 0.5) is 0 Å². The van der Waals surface area contributed by atoms with Crippen LogP contribution in [0.25, 0.3) is 0 Å². The first-order chi connectivity index (χ1) is 10.6. The highest BCUT2D eigenvalue weighted by Crippen LogP contribution is 2.65. The third-order valence-corrected chi connectivity index (χ3v) is 6.12. The van der Waals surface area contributed by atoms with E-state index in [-0.39, 0.29) is 35.5 Å². The van der Waals surface area contributed by atoms with Crippen molar-refractivity contribution in [1.82, 2.24) is 4.90 Å². The van der Waals surface area contributed by atoms with E-state index in [4.69, 9.17) is 0 Å². The minimum Gasteiger partial charge on any atom is -0.480 e. The van der Waals surface area contributed by atoms with Crippen LogP contribution in [0, 0.1) is 35.5 Å². The van der Waals surface area contributed by atoms with Crippen molar-refractivity contribution in [2.75, 3.05) is 0 Å². The van der Waals surface area contributed by atoms with Gasteiger partial charge in [0, 0.05) is 0 Å². The molecule has 2 saturated carbocycles. The number of carboxylic acids is 1. The van der Waals surface area contributed by atoms with Gasteiger partial charge in [0.15, 0.2) is 0 Å². The summed E-state index contributed by atoms with van der Waals surface area (Å²) in [5, 5.41) is 9.48. The van der Waals surface area contributed by atoms with Crippen molar-refractivity contribution < 1.29 is 19.5 Å². The number of rotatable bonds is 5. The van der Waals surface area contributed by atoms with Crippen LogP contribution in [0.5, 0.6) is 0 Å². The molecule has 22 heavy (non-hydrogen) atoms. The fraction of sp³-hybridized carbons (Fsp3) is 0.706. The summed E-state index contributed by atoms with van der Waals surface area (Å²) >= 11 is 0. The van der Waals surface area contributed by atoms with Gasteiger partial charge in [-0.3, -0.25) is 14.5 Å². The lowest BCUT2D eigenvalue weighted by atomic mass is 9.63. The average molecular weight is 303 g/mol. The molecule has 0 radical (unpaired) electrons. The number of amides is 2. The Bertz CT molecular complexity index is 547. The first-order valence-corrected chi connectivity index (χ1v) is 8.34. The first kappa shape index (κ1) is 14.0. The molecule has 1 N–H and O–H groups in total. The summed E-state index contributed by atoms with van der Waals surface area (Å²) in [5.41, 5.74) is 0. The number of hydrogen-bond donors (Lipinski definition) is 1. The number of allylic oxidation sites excluding steroid dienone is 2. The molecule has 5 nitrogen and oxygen atoms in total. The summed E-state index contributed by atoms with van der Waals surface area (Å²) in [5.74, 6) is -0.710. The van der Waals surface area contributed by atoms with E-state index >= 15 is 0 Å². The Labute approximate surface area is 129 Å². The lowest BCUT2D eigenvalue weighted by Crippen LogP contribution is -2.45. The van der Waals surface area contributed by atoms with Gasteiger partial charge < -0.3 is 5.11 Å².